The number of hydrogen-bond donors (Lipinski definition) is 1. The SMILES string of the molecule is COc1cccc(C=C(C#N)C(=O)Nc2cccc(C(F)(F)F)c2)c1. The van der Waals surface area contributed by atoms with Gasteiger partial charge in [0.05, 0.1) is 12.7 Å². The molecule has 0 aliphatic rings. The third-order valence-corrected chi connectivity index (χ3v) is 3.22. The normalized spacial score (nSPS) is 11.6. The van der Waals surface area contributed by atoms with E-state index in [9.17, 15) is 18.0 Å². The van der Waals surface area contributed by atoms with Gasteiger partial charge in [0.25, 0.3) is 5.91 Å². The van der Waals surface area contributed by atoms with Crippen LogP contribution >= 0.6 is 0 Å². The van der Waals surface area contributed by atoms with Crippen molar-refractivity contribution in [2.24, 2.45) is 0 Å². The maximum absolute atomic E-state index is 12.7. The molecule has 0 unspecified atom stereocenters. The molecule has 0 saturated heterocycles. The number of nitrogens with one attached hydrogen (secondary N) is 1. The molecule has 2 aromatic carbocycles. The molecule has 2 rings (SSSR count). The van der Waals surface area contributed by atoms with Crippen molar-refractivity contribution in [3.8, 4) is 11.8 Å². The van der Waals surface area contributed by atoms with Gasteiger partial charge in [0, 0.05) is 5.69 Å². The summed E-state index contributed by atoms with van der Waals surface area (Å²) in [5.74, 6) is -0.256. The molecule has 25 heavy (non-hydrogen) atoms. The molecule has 4 nitrogen and oxygen atoms in total. The number of benzene rings is 2. The monoisotopic (exact) mass is 346 g/mol. The lowest BCUT2D eigenvalue weighted by atomic mass is 10.1. The number of carbonyl (C=O) groups excluding carboxylic acids is 1. The summed E-state index contributed by atoms with van der Waals surface area (Å²) in [7, 11) is 1.48. The van der Waals surface area contributed by atoms with E-state index in [0.717, 1.165) is 12.1 Å². The highest BCUT2D eigenvalue weighted by molar-refractivity contribution is 6.09. The van der Waals surface area contributed by atoms with Crippen LogP contribution in [-0.2, 0) is 11.0 Å². The van der Waals surface area contributed by atoms with Crippen molar-refractivity contribution in [1.82, 2.24) is 0 Å². The molecule has 2 aromatic rings. The number of amides is 1. The molecule has 0 saturated carbocycles. The lowest BCUT2D eigenvalue weighted by Gasteiger charge is -2.09. The largest absolute Gasteiger partial charge is 0.497 e. The summed E-state index contributed by atoms with van der Waals surface area (Å²) in [6.45, 7) is 0. The van der Waals surface area contributed by atoms with Crippen LogP contribution in [0.1, 0.15) is 11.1 Å². The van der Waals surface area contributed by atoms with Gasteiger partial charge in [-0.1, -0.05) is 18.2 Å². The molecule has 0 radical (unpaired) electrons. The Labute approximate surface area is 142 Å². The van der Waals surface area contributed by atoms with Crippen LogP contribution in [0.4, 0.5) is 18.9 Å². The first-order valence-corrected chi connectivity index (χ1v) is 7.08. The van der Waals surface area contributed by atoms with Crippen molar-refractivity contribution in [3.05, 3.63) is 65.2 Å². The summed E-state index contributed by atoms with van der Waals surface area (Å²) in [6, 6.07) is 12.6. The Kier molecular flexibility index (Phi) is 5.45. The van der Waals surface area contributed by atoms with Gasteiger partial charge in [-0.15, -0.1) is 0 Å². The van der Waals surface area contributed by atoms with Crippen molar-refractivity contribution >= 4 is 17.7 Å². The Hall–Kier alpha value is -3.27. The third kappa shape index (κ3) is 4.85. The highest BCUT2D eigenvalue weighted by Gasteiger charge is 2.30. The molecule has 0 aliphatic heterocycles. The number of halogens is 3. The van der Waals surface area contributed by atoms with Crippen molar-refractivity contribution in [2.75, 3.05) is 12.4 Å². The number of alkyl halides is 3. The number of carbonyl (C=O) groups is 1. The van der Waals surface area contributed by atoms with E-state index in [4.69, 9.17) is 10.00 Å². The van der Waals surface area contributed by atoms with E-state index in [0.29, 0.717) is 11.3 Å². The van der Waals surface area contributed by atoms with Crippen LogP contribution in [0, 0.1) is 11.3 Å². The van der Waals surface area contributed by atoms with Gasteiger partial charge >= 0.3 is 6.18 Å². The summed E-state index contributed by atoms with van der Waals surface area (Å²) >= 11 is 0. The van der Waals surface area contributed by atoms with E-state index in [1.807, 2.05) is 0 Å². The molecular weight excluding hydrogens is 333 g/mol. The van der Waals surface area contributed by atoms with E-state index in [1.165, 1.54) is 25.3 Å². The molecule has 0 fully saturated rings. The fraction of sp³-hybridized carbons (Fsp3) is 0.111. The Bertz CT molecular complexity index is 852. The summed E-state index contributed by atoms with van der Waals surface area (Å²) in [5, 5.41) is 11.4. The smallest absolute Gasteiger partial charge is 0.416 e. The summed E-state index contributed by atoms with van der Waals surface area (Å²) in [4.78, 5) is 12.1. The predicted molar refractivity (Wildman–Crippen MR) is 86.7 cm³/mol. The molecule has 128 valence electrons. The van der Waals surface area contributed by atoms with E-state index in [-0.39, 0.29) is 11.3 Å². The van der Waals surface area contributed by atoms with E-state index < -0.39 is 17.6 Å². The Balaban J connectivity index is 2.23. The molecule has 7 heteroatoms. The molecule has 1 N–H and O–H groups in total. The quantitative estimate of drug-likeness (QED) is 0.665. The first-order valence-electron chi connectivity index (χ1n) is 7.08. The topological polar surface area (TPSA) is 62.1 Å². The minimum atomic E-state index is -4.52. The fourth-order valence-corrected chi connectivity index (χ4v) is 2.02. The molecule has 0 heterocycles. The molecule has 1 amide bonds. The second-order valence-corrected chi connectivity index (χ2v) is 4.98. The summed E-state index contributed by atoms with van der Waals surface area (Å²) in [5.41, 5.74) is -0.632. The number of hydrogen-bond acceptors (Lipinski definition) is 3. The van der Waals surface area contributed by atoms with Crippen LogP contribution in [0.25, 0.3) is 6.08 Å². The summed E-state index contributed by atoms with van der Waals surface area (Å²) in [6.07, 6.45) is -3.19. The molecular formula is C18H13F3N2O2. The highest BCUT2D eigenvalue weighted by atomic mass is 19.4. The van der Waals surface area contributed by atoms with Gasteiger partial charge in [-0.25, -0.2) is 0 Å². The molecule has 0 bridgehead atoms. The maximum atomic E-state index is 12.7. The van der Waals surface area contributed by atoms with Gasteiger partial charge in [0.15, 0.2) is 0 Å². The van der Waals surface area contributed by atoms with Gasteiger partial charge in [0.1, 0.15) is 17.4 Å². The Morgan fingerprint density at radius 2 is 1.92 bits per heavy atom. The standard InChI is InChI=1S/C18H13F3N2O2/c1-25-16-7-2-4-12(9-16)8-13(11-22)17(24)23-15-6-3-5-14(10-15)18(19,20)21/h2-10H,1H3,(H,23,24). The zero-order chi connectivity index (χ0) is 18.4. The van der Waals surface area contributed by atoms with Gasteiger partial charge in [-0.3, -0.25) is 4.79 Å². The van der Waals surface area contributed by atoms with Gasteiger partial charge in [-0.05, 0) is 42.0 Å². The number of nitriles is 1. The van der Waals surface area contributed by atoms with Crippen LogP contribution in [0.15, 0.2) is 54.1 Å². The first kappa shape index (κ1) is 18.1. The summed E-state index contributed by atoms with van der Waals surface area (Å²) < 4.78 is 43.2. The molecule has 0 spiro atoms. The lowest BCUT2D eigenvalue weighted by Crippen LogP contribution is -2.14. The second kappa shape index (κ2) is 7.53. The van der Waals surface area contributed by atoms with Crippen molar-refractivity contribution in [3.63, 3.8) is 0 Å². The maximum Gasteiger partial charge on any atom is 0.416 e. The van der Waals surface area contributed by atoms with Crippen molar-refractivity contribution in [1.29, 1.82) is 5.26 Å². The zero-order valence-electron chi connectivity index (χ0n) is 13.1. The van der Waals surface area contributed by atoms with Gasteiger partial charge in [0.2, 0.25) is 0 Å². The lowest BCUT2D eigenvalue weighted by molar-refractivity contribution is -0.137. The fourth-order valence-electron chi connectivity index (χ4n) is 2.02. The average molecular weight is 346 g/mol. The highest BCUT2D eigenvalue weighted by Crippen LogP contribution is 2.30. The van der Waals surface area contributed by atoms with Gasteiger partial charge < -0.3 is 10.1 Å². The third-order valence-electron chi connectivity index (χ3n) is 3.22. The number of ether oxygens (including phenoxy) is 1. The van der Waals surface area contributed by atoms with Crippen LogP contribution < -0.4 is 10.1 Å². The average Bonchev–Trinajstić information content (AvgIpc) is 2.59. The Morgan fingerprint density at radius 3 is 2.56 bits per heavy atom. The van der Waals surface area contributed by atoms with E-state index in [2.05, 4.69) is 5.32 Å². The van der Waals surface area contributed by atoms with Crippen LogP contribution in [0.2, 0.25) is 0 Å². The van der Waals surface area contributed by atoms with Gasteiger partial charge in [-0.2, -0.15) is 18.4 Å². The van der Waals surface area contributed by atoms with E-state index >= 15 is 0 Å². The predicted octanol–water partition coefficient (Wildman–Crippen LogP) is 4.26. The number of rotatable bonds is 4. The van der Waals surface area contributed by atoms with Crippen LogP contribution in [0.5, 0.6) is 5.75 Å². The zero-order valence-corrected chi connectivity index (χ0v) is 13.1. The minimum absolute atomic E-state index is 0.0494. The number of methoxy groups -OCH3 is 1. The minimum Gasteiger partial charge on any atom is -0.497 e. The molecule has 0 aromatic heterocycles. The van der Waals surface area contributed by atoms with Crippen LogP contribution in [0.3, 0.4) is 0 Å². The molecule has 0 aliphatic carbocycles. The van der Waals surface area contributed by atoms with Crippen molar-refractivity contribution < 1.29 is 22.7 Å². The number of anilines is 1. The first-order chi connectivity index (χ1) is 11.8. The number of nitrogens with zero attached hydrogens (tertiary/aromatic N) is 1. The second-order valence-electron chi connectivity index (χ2n) is 4.98. The van der Waals surface area contributed by atoms with E-state index in [1.54, 1.807) is 30.3 Å². The van der Waals surface area contributed by atoms with Crippen LogP contribution in [-0.4, -0.2) is 13.0 Å². The molecule has 0 atom stereocenters. The van der Waals surface area contributed by atoms with Crippen molar-refractivity contribution in [2.45, 2.75) is 6.18 Å². The Morgan fingerprint density at radius 1 is 1.20 bits per heavy atom.